The third kappa shape index (κ3) is 3.31. The molecule has 7 heteroatoms. The van der Waals surface area contributed by atoms with Crippen molar-refractivity contribution in [3.8, 4) is 0 Å². The molecule has 0 spiro atoms. The lowest BCUT2D eigenvalue weighted by atomic mass is 9.89. The molecule has 3 rings (SSSR count). The average Bonchev–Trinajstić information content (AvgIpc) is 3.10. The highest BCUT2D eigenvalue weighted by Gasteiger charge is 2.34. The van der Waals surface area contributed by atoms with Crippen LogP contribution in [0.5, 0.6) is 0 Å². The third-order valence-corrected chi connectivity index (χ3v) is 5.35. The first kappa shape index (κ1) is 17.0. The summed E-state index contributed by atoms with van der Waals surface area (Å²) in [5, 5.41) is 0. The molecule has 4 N–H and O–H groups in total. The van der Waals surface area contributed by atoms with Crippen LogP contribution < -0.4 is 16.4 Å². The number of halogens is 1. The highest BCUT2D eigenvalue weighted by molar-refractivity contribution is 5.80. The van der Waals surface area contributed by atoms with Crippen LogP contribution in [0.4, 0.5) is 15.8 Å². The summed E-state index contributed by atoms with van der Waals surface area (Å²) < 4.78 is 14.0. The lowest BCUT2D eigenvalue weighted by molar-refractivity contribution is -0.137. The summed E-state index contributed by atoms with van der Waals surface area (Å²) in [6, 6.07) is 0. The molecule has 0 radical (unpaired) electrons. The van der Waals surface area contributed by atoms with Crippen LogP contribution in [0.1, 0.15) is 25.7 Å². The number of pyridine rings is 1. The van der Waals surface area contributed by atoms with E-state index in [4.69, 9.17) is 11.5 Å². The number of carbonyl (C=O) groups excluding carboxylic acids is 1. The number of amides is 1. The first-order chi connectivity index (χ1) is 11.6. The normalized spacial score (nSPS) is 20.4. The Labute approximate surface area is 142 Å². The lowest BCUT2D eigenvalue weighted by Crippen LogP contribution is -2.52. The number of rotatable bonds is 4. The third-order valence-electron chi connectivity index (χ3n) is 5.35. The van der Waals surface area contributed by atoms with Crippen molar-refractivity contribution < 1.29 is 9.18 Å². The van der Waals surface area contributed by atoms with Gasteiger partial charge in [-0.3, -0.25) is 9.78 Å². The Hall–Kier alpha value is -1.89. The molecular formula is C17H26FN5O. The summed E-state index contributed by atoms with van der Waals surface area (Å²) in [5.74, 6) is 0.100. The Morgan fingerprint density at radius 2 is 1.92 bits per heavy atom. The van der Waals surface area contributed by atoms with Crippen molar-refractivity contribution in [3.05, 3.63) is 18.2 Å². The molecule has 0 aromatic carbocycles. The van der Waals surface area contributed by atoms with E-state index in [9.17, 15) is 9.18 Å². The van der Waals surface area contributed by atoms with Crippen molar-refractivity contribution in [2.45, 2.75) is 25.7 Å². The van der Waals surface area contributed by atoms with Gasteiger partial charge in [0.2, 0.25) is 5.91 Å². The van der Waals surface area contributed by atoms with Gasteiger partial charge in [0.15, 0.2) is 5.82 Å². The van der Waals surface area contributed by atoms with E-state index >= 15 is 0 Å². The molecule has 1 saturated heterocycles. The summed E-state index contributed by atoms with van der Waals surface area (Å²) in [6.45, 7) is 2.69. The number of nitrogens with zero attached hydrogens (tertiary/aromatic N) is 3. The summed E-state index contributed by atoms with van der Waals surface area (Å²) in [4.78, 5) is 20.3. The lowest BCUT2D eigenvalue weighted by Gasteiger charge is -2.38. The van der Waals surface area contributed by atoms with Crippen molar-refractivity contribution in [2.24, 2.45) is 17.6 Å². The standard InChI is InChI=1S/C17H26FN5O/c18-14-10-21-11-15(20)16(14)22-5-7-23(8-6-22)17(24)13(9-19)12-3-1-2-4-12/h10-13H,1-9,19-20H2. The fraction of sp³-hybridized carbons (Fsp3) is 0.647. The zero-order chi connectivity index (χ0) is 17.1. The monoisotopic (exact) mass is 335 g/mol. The van der Waals surface area contributed by atoms with Crippen molar-refractivity contribution in [2.75, 3.05) is 43.4 Å². The topological polar surface area (TPSA) is 88.5 Å². The Morgan fingerprint density at radius 1 is 1.25 bits per heavy atom. The van der Waals surface area contributed by atoms with Crippen LogP contribution in [0.25, 0.3) is 0 Å². The number of hydrogen-bond donors (Lipinski definition) is 2. The maximum absolute atomic E-state index is 14.0. The number of nitrogen functional groups attached to an aromatic ring is 1. The molecule has 1 amide bonds. The van der Waals surface area contributed by atoms with Crippen molar-refractivity contribution in [3.63, 3.8) is 0 Å². The smallest absolute Gasteiger partial charge is 0.227 e. The van der Waals surface area contributed by atoms with E-state index in [0.29, 0.717) is 50.0 Å². The van der Waals surface area contributed by atoms with E-state index < -0.39 is 5.82 Å². The summed E-state index contributed by atoms with van der Waals surface area (Å²) >= 11 is 0. The largest absolute Gasteiger partial charge is 0.396 e. The Bertz CT molecular complexity index is 562. The van der Waals surface area contributed by atoms with Crippen molar-refractivity contribution in [1.82, 2.24) is 9.88 Å². The van der Waals surface area contributed by atoms with Crippen LogP contribution >= 0.6 is 0 Å². The number of hydrogen-bond acceptors (Lipinski definition) is 5. The Morgan fingerprint density at radius 3 is 2.50 bits per heavy atom. The molecule has 1 aromatic rings. The van der Waals surface area contributed by atoms with Gasteiger partial charge in [0.25, 0.3) is 0 Å². The number of piperazine rings is 1. The van der Waals surface area contributed by atoms with E-state index in [2.05, 4.69) is 4.98 Å². The summed E-state index contributed by atoms with van der Waals surface area (Å²) in [5.41, 5.74) is 12.5. The van der Waals surface area contributed by atoms with E-state index in [1.54, 1.807) is 0 Å². The predicted octanol–water partition coefficient (Wildman–Crippen LogP) is 1.22. The summed E-state index contributed by atoms with van der Waals surface area (Å²) in [7, 11) is 0. The zero-order valence-electron chi connectivity index (χ0n) is 14.0. The Balaban J connectivity index is 1.63. The molecule has 0 bridgehead atoms. The maximum Gasteiger partial charge on any atom is 0.227 e. The molecule has 2 fully saturated rings. The van der Waals surface area contributed by atoms with E-state index in [-0.39, 0.29) is 11.8 Å². The van der Waals surface area contributed by atoms with Gasteiger partial charge in [0, 0.05) is 32.7 Å². The van der Waals surface area contributed by atoms with Crippen molar-refractivity contribution in [1.29, 1.82) is 0 Å². The molecule has 1 aromatic heterocycles. The minimum Gasteiger partial charge on any atom is -0.396 e. The van der Waals surface area contributed by atoms with Gasteiger partial charge in [-0.25, -0.2) is 4.39 Å². The van der Waals surface area contributed by atoms with Crippen LogP contribution in [0.3, 0.4) is 0 Å². The quantitative estimate of drug-likeness (QED) is 0.863. The molecular weight excluding hydrogens is 309 g/mol. The first-order valence-electron chi connectivity index (χ1n) is 8.74. The van der Waals surface area contributed by atoms with Crippen molar-refractivity contribution >= 4 is 17.3 Å². The molecule has 6 nitrogen and oxygen atoms in total. The van der Waals surface area contributed by atoms with Crippen LogP contribution in [-0.4, -0.2) is 48.5 Å². The zero-order valence-corrected chi connectivity index (χ0v) is 14.0. The average molecular weight is 335 g/mol. The predicted molar refractivity (Wildman–Crippen MR) is 91.9 cm³/mol. The fourth-order valence-corrected chi connectivity index (χ4v) is 4.02. The number of anilines is 2. The molecule has 2 aliphatic rings. The van der Waals surface area contributed by atoms with Gasteiger partial charge in [-0.05, 0) is 18.8 Å². The molecule has 2 heterocycles. The minimum atomic E-state index is -0.416. The second kappa shape index (κ2) is 7.34. The van der Waals surface area contributed by atoms with Gasteiger partial charge in [-0.1, -0.05) is 12.8 Å². The molecule has 24 heavy (non-hydrogen) atoms. The highest BCUT2D eigenvalue weighted by Crippen LogP contribution is 2.32. The second-order valence-electron chi connectivity index (χ2n) is 6.76. The summed E-state index contributed by atoms with van der Waals surface area (Å²) in [6.07, 6.45) is 7.23. The van der Waals surface area contributed by atoms with Gasteiger partial charge in [-0.2, -0.15) is 0 Å². The number of carbonyl (C=O) groups is 1. The first-order valence-corrected chi connectivity index (χ1v) is 8.74. The van der Waals surface area contributed by atoms with Crippen LogP contribution in [0, 0.1) is 17.7 Å². The minimum absolute atomic E-state index is 0.0678. The maximum atomic E-state index is 14.0. The van der Waals surface area contributed by atoms with E-state index in [0.717, 1.165) is 12.8 Å². The van der Waals surface area contributed by atoms with Gasteiger partial charge in [-0.15, -0.1) is 0 Å². The SMILES string of the molecule is NCC(C(=O)N1CCN(c2c(N)cncc2F)CC1)C1CCCC1. The van der Waals surface area contributed by atoms with E-state index in [1.807, 2.05) is 9.80 Å². The van der Waals surface area contributed by atoms with Gasteiger partial charge >= 0.3 is 0 Å². The van der Waals surface area contributed by atoms with Crippen LogP contribution in [0.15, 0.2) is 12.4 Å². The van der Waals surface area contributed by atoms with Gasteiger partial charge < -0.3 is 21.3 Å². The van der Waals surface area contributed by atoms with Crippen LogP contribution in [-0.2, 0) is 4.79 Å². The molecule has 1 atom stereocenters. The number of aromatic nitrogens is 1. The second-order valence-corrected chi connectivity index (χ2v) is 6.76. The molecule has 1 aliphatic carbocycles. The van der Waals surface area contributed by atoms with Gasteiger partial charge in [0.05, 0.1) is 29.7 Å². The Kier molecular flexibility index (Phi) is 5.18. The van der Waals surface area contributed by atoms with E-state index in [1.165, 1.54) is 25.2 Å². The molecule has 1 saturated carbocycles. The number of nitrogens with two attached hydrogens (primary N) is 2. The molecule has 1 aliphatic heterocycles. The van der Waals surface area contributed by atoms with Crippen LogP contribution in [0.2, 0.25) is 0 Å². The highest BCUT2D eigenvalue weighted by atomic mass is 19.1. The fourth-order valence-electron chi connectivity index (χ4n) is 4.02. The molecule has 1 unspecified atom stereocenters. The molecule has 132 valence electrons. The van der Waals surface area contributed by atoms with Gasteiger partial charge in [0.1, 0.15) is 0 Å².